The molecule has 2 amide bonds. The first-order chi connectivity index (χ1) is 11.1. The predicted octanol–water partition coefficient (Wildman–Crippen LogP) is 2.16. The summed E-state index contributed by atoms with van der Waals surface area (Å²) in [5, 5.41) is 4.11. The molecule has 6 nitrogen and oxygen atoms in total. The highest BCUT2D eigenvalue weighted by molar-refractivity contribution is 14.1. The smallest absolute Gasteiger partial charge is 0.267 e. The van der Waals surface area contributed by atoms with Gasteiger partial charge in [-0.15, -0.1) is 5.10 Å². The number of halogens is 1. The van der Waals surface area contributed by atoms with Crippen molar-refractivity contribution in [2.75, 3.05) is 16.3 Å². The van der Waals surface area contributed by atoms with Gasteiger partial charge in [0.2, 0.25) is 5.96 Å². The van der Waals surface area contributed by atoms with Crippen LogP contribution in [0.3, 0.4) is 0 Å². The summed E-state index contributed by atoms with van der Waals surface area (Å²) in [6, 6.07) is 14.9. The molecule has 0 atom stereocenters. The average molecular weight is 418 g/mol. The standard InChI is InChI=1S/C16H11IN4O2/c17-10-6-7-13-12(8-10)15(23)21(11-4-2-1-3-5-11)16-19-18-14(22)9-20(13)16/h1-8H,9H2,(H,18,22). The number of amides is 2. The van der Waals surface area contributed by atoms with E-state index in [1.165, 1.54) is 4.90 Å². The fourth-order valence-electron chi connectivity index (χ4n) is 2.72. The van der Waals surface area contributed by atoms with Gasteiger partial charge < -0.3 is 4.90 Å². The Morgan fingerprint density at radius 2 is 1.87 bits per heavy atom. The van der Waals surface area contributed by atoms with Crippen molar-refractivity contribution in [1.29, 1.82) is 0 Å². The van der Waals surface area contributed by atoms with Crippen molar-refractivity contribution < 1.29 is 9.59 Å². The first-order valence-corrected chi connectivity index (χ1v) is 8.06. The lowest BCUT2D eigenvalue weighted by molar-refractivity contribution is -0.119. The second kappa shape index (κ2) is 5.34. The zero-order chi connectivity index (χ0) is 16.0. The minimum atomic E-state index is -0.208. The van der Waals surface area contributed by atoms with Crippen LogP contribution in [0.4, 0.5) is 11.4 Å². The molecule has 0 aromatic heterocycles. The van der Waals surface area contributed by atoms with E-state index in [0.29, 0.717) is 22.9 Å². The van der Waals surface area contributed by atoms with Gasteiger partial charge in [-0.3, -0.25) is 9.59 Å². The maximum atomic E-state index is 13.0. The zero-order valence-corrected chi connectivity index (χ0v) is 14.0. The number of carbonyl (C=O) groups is 2. The molecule has 2 aromatic rings. The summed E-state index contributed by atoms with van der Waals surface area (Å²) < 4.78 is 0.963. The van der Waals surface area contributed by atoms with Gasteiger partial charge in [0, 0.05) is 3.57 Å². The van der Waals surface area contributed by atoms with Crippen molar-refractivity contribution in [2.45, 2.75) is 0 Å². The second-order valence-corrected chi connectivity index (χ2v) is 6.42. The van der Waals surface area contributed by atoms with Gasteiger partial charge >= 0.3 is 0 Å². The molecule has 0 saturated heterocycles. The first kappa shape index (κ1) is 14.2. The van der Waals surface area contributed by atoms with Crippen LogP contribution in [0.5, 0.6) is 0 Å². The van der Waals surface area contributed by atoms with E-state index in [1.54, 1.807) is 4.90 Å². The SMILES string of the molecule is O=C1CN2C(=NN1)N(c1ccccc1)C(=O)c1cc(I)ccc12. The van der Waals surface area contributed by atoms with Gasteiger partial charge in [-0.05, 0) is 52.9 Å². The number of carbonyl (C=O) groups excluding carboxylic acids is 2. The van der Waals surface area contributed by atoms with Crippen LogP contribution in [0.1, 0.15) is 10.4 Å². The van der Waals surface area contributed by atoms with E-state index < -0.39 is 0 Å². The minimum Gasteiger partial charge on any atom is -0.300 e. The molecule has 0 spiro atoms. The summed E-state index contributed by atoms with van der Waals surface area (Å²) in [5.74, 6) is 0.0472. The Balaban J connectivity index is 1.94. The Hall–Kier alpha value is -2.42. The van der Waals surface area contributed by atoms with Crippen molar-refractivity contribution in [3.63, 3.8) is 0 Å². The Kier molecular flexibility index (Phi) is 3.29. The molecular weight excluding hydrogens is 407 g/mol. The van der Waals surface area contributed by atoms with Gasteiger partial charge in [-0.2, -0.15) is 0 Å². The third kappa shape index (κ3) is 2.27. The van der Waals surface area contributed by atoms with Gasteiger partial charge in [0.25, 0.3) is 11.8 Å². The lowest BCUT2D eigenvalue weighted by atomic mass is 10.1. The number of nitrogens with one attached hydrogen (secondary N) is 1. The Bertz CT molecular complexity index is 850. The molecule has 0 saturated carbocycles. The van der Waals surface area contributed by atoms with Crippen LogP contribution in [-0.4, -0.2) is 24.3 Å². The summed E-state index contributed by atoms with van der Waals surface area (Å²) in [5.41, 5.74) is 4.43. The average Bonchev–Trinajstić information content (AvgIpc) is 2.56. The molecule has 2 aliphatic rings. The largest absolute Gasteiger partial charge is 0.300 e. The number of anilines is 2. The Morgan fingerprint density at radius 1 is 1.09 bits per heavy atom. The van der Waals surface area contributed by atoms with E-state index in [0.717, 1.165) is 3.57 Å². The second-order valence-electron chi connectivity index (χ2n) is 5.17. The van der Waals surface area contributed by atoms with Crippen LogP contribution in [-0.2, 0) is 4.79 Å². The number of para-hydroxylation sites is 1. The molecule has 2 aromatic carbocycles. The maximum absolute atomic E-state index is 13.0. The highest BCUT2D eigenvalue weighted by atomic mass is 127. The molecule has 7 heteroatoms. The normalized spacial score (nSPS) is 16.5. The molecule has 23 heavy (non-hydrogen) atoms. The molecule has 2 heterocycles. The number of hydrazone groups is 1. The lowest BCUT2D eigenvalue weighted by Crippen LogP contribution is -2.58. The van der Waals surface area contributed by atoms with Crippen molar-refractivity contribution in [1.82, 2.24) is 5.43 Å². The summed E-state index contributed by atoms with van der Waals surface area (Å²) in [6.07, 6.45) is 0. The van der Waals surface area contributed by atoms with E-state index >= 15 is 0 Å². The Morgan fingerprint density at radius 3 is 2.65 bits per heavy atom. The summed E-state index contributed by atoms with van der Waals surface area (Å²) >= 11 is 2.17. The van der Waals surface area contributed by atoms with E-state index in [2.05, 4.69) is 33.1 Å². The summed E-state index contributed by atoms with van der Waals surface area (Å²) in [4.78, 5) is 28.1. The van der Waals surface area contributed by atoms with Crippen LogP contribution in [0.25, 0.3) is 0 Å². The number of rotatable bonds is 1. The van der Waals surface area contributed by atoms with Gasteiger partial charge in [0.15, 0.2) is 0 Å². The lowest BCUT2D eigenvalue weighted by Gasteiger charge is -2.39. The van der Waals surface area contributed by atoms with Crippen LogP contribution in [0, 0.1) is 3.57 Å². The highest BCUT2D eigenvalue weighted by Gasteiger charge is 2.39. The molecule has 0 unspecified atom stereocenters. The van der Waals surface area contributed by atoms with Crippen LogP contribution < -0.4 is 15.2 Å². The zero-order valence-electron chi connectivity index (χ0n) is 11.9. The number of guanidine groups is 1. The van der Waals surface area contributed by atoms with Crippen molar-refractivity contribution in [3.8, 4) is 0 Å². The van der Waals surface area contributed by atoms with Crippen LogP contribution >= 0.6 is 22.6 Å². The topological polar surface area (TPSA) is 65.0 Å². The molecule has 0 fully saturated rings. The molecule has 2 aliphatic heterocycles. The molecule has 0 aliphatic carbocycles. The van der Waals surface area contributed by atoms with E-state index in [4.69, 9.17) is 0 Å². The third-order valence-corrected chi connectivity index (χ3v) is 4.39. The predicted molar refractivity (Wildman–Crippen MR) is 95.3 cm³/mol. The number of hydrogen-bond donors (Lipinski definition) is 1. The van der Waals surface area contributed by atoms with Gasteiger partial charge in [0.05, 0.1) is 16.9 Å². The summed E-state index contributed by atoms with van der Waals surface area (Å²) in [6.45, 7) is 0.128. The number of fused-ring (bicyclic) bond motifs is 3. The molecular formula is C16H11IN4O2. The van der Waals surface area contributed by atoms with E-state index in [-0.39, 0.29) is 18.4 Å². The van der Waals surface area contributed by atoms with Crippen molar-refractivity contribution in [2.24, 2.45) is 5.10 Å². The van der Waals surface area contributed by atoms with Crippen molar-refractivity contribution in [3.05, 3.63) is 57.7 Å². The van der Waals surface area contributed by atoms with E-state index in [9.17, 15) is 9.59 Å². The van der Waals surface area contributed by atoms with E-state index in [1.807, 2.05) is 48.5 Å². The quantitative estimate of drug-likeness (QED) is 0.723. The number of hydrogen-bond acceptors (Lipinski definition) is 4. The number of nitrogens with zero attached hydrogens (tertiary/aromatic N) is 3. The molecule has 1 N–H and O–H groups in total. The maximum Gasteiger partial charge on any atom is 0.267 e. The van der Waals surface area contributed by atoms with Crippen LogP contribution in [0.15, 0.2) is 53.6 Å². The van der Waals surface area contributed by atoms with Gasteiger partial charge in [-0.1, -0.05) is 18.2 Å². The first-order valence-electron chi connectivity index (χ1n) is 6.98. The highest BCUT2D eigenvalue weighted by Crippen LogP contribution is 2.33. The van der Waals surface area contributed by atoms with Crippen LogP contribution in [0.2, 0.25) is 0 Å². The third-order valence-electron chi connectivity index (χ3n) is 3.72. The fourth-order valence-corrected chi connectivity index (χ4v) is 3.21. The Labute approximate surface area is 145 Å². The molecule has 4 rings (SSSR count). The molecule has 0 radical (unpaired) electrons. The molecule has 114 valence electrons. The van der Waals surface area contributed by atoms with Crippen molar-refractivity contribution >= 4 is 51.7 Å². The van der Waals surface area contributed by atoms with Gasteiger partial charge in [0.1, 0.15) is 6.54 Å². The van der Waals surface area contributed by atoms with Gasteiger partial charge in [-0.25, -0.2) is 10.3 Å². The fraction of sp³-hybridized carbons (Fsp3) is 0.0625. The molecule has 0 bridgehead atoms. The summed E-state index contributed by atoms with van der Waals surface area (Å²) in [7, 11) is 0. The number of benzene rings is 2. The monoisotopic (exact) mass is 418 g/mol. The minimum absolute atomic E-state index is 0.128.